The minimum Gasteiger partial charge on any atom is -0.375 e. The summed E-state index contributed by atoms with van der Waals surface area (Å²) >= 11 is 0. The number of likely N-dealkylation sites (N-methyl/N-ethyl adjacent to an activating group) is 1. The Hall–Kier alpha value is -0.120. The molecule has 0 radical (unpaired) electrons. The van der Waals surface area contributed by atoms with Crippen molar-refractivity contribution in [2.24, 2.45) is 5.92 Å². The minimum atomic E-state index is 0.535. The topological polar surface area (TPSA) is 24.5 Å². The van der Waals surface area contributed by atoms with E-state index in [2.05, 4.69) is 24.1 Å². The molecule has 3 nitrogen and oxygen atoms in total. The molecule has 3 aliphatic rings. The van der Waals surface area contributed by atoms with Gasteiger partial charge in [-0.15, -0.1) is 0 Å². The van der Waals surface area contributed by atoms with Gasteiger partial charge in [0.1, 0.15) is 0 Å². The van der Waals surface area contributed by atoms with Gasteiger partial charge in [-0.3, -0.25) is 4.90 Å². The van der Waals surface area contributed by atoms with Crippen LogP contribution < -0.4 is 5.32 Å². The average molecular weight is 294 g/mol. The lowest BCUT2D eigenvalue weighted by Crippen LogP contribution is -2.60. The van der Waals surface area contributed by atoms with Crippen LogP contribution in [-0.4, -0.2) is 48.8 Å². The number of hydrogen-bond donors (Lipinski definition) is 1. The molecule has 21 heavy (non-hydrogen) atoms. The third-order valence-corrected chi connectivity index (χ3v) is 6.04. The van der Waals surface area contributed by atoms with E-state index in [1.54, 1.807) is 0 Å². The molecule has 0 aromatic carbocycles. The predicted octanol–water partition coefficient (Wildman–Crippen LogP) is 3.19. The van der Waals surface area contributed by atoms with Crippen molar-refractivity contribution < 1.29 is 4.74 Å². The molecule has 3 rings (SSSR count). The Morgan fingerprint density at radius 2 is 2.00 bits per heavy atom. The van der Waals surface area contributed by atoms with Crippen molar-refractivity contribution in [1.82, 2.24) is 10.2 Å². The van der Waals surface area contributed by atoms with Crippen LogP contribution in [0.2, 0.25) is 0 Å². The van der Waals surface area contributed by atoms with E-state index in [0.29, 0.717) is 18.2 Å². The second-order valence-electron chi connectivity index (χ2n) is 7.34. The van der Waals surface area contributed by atoms with Gasteiger partial charge in [-0.25, -0.2) is 0 Å². The molecule has 5 atom stereocenters. The van der Waals surface area contributed by atoms with Gasteiger partial charge in [0.05, 0.1) is 12.7 Å². The fraction of sp³-hybridized carbons (Fsp3) is 1.00. The molecule has 0 bridgehead atoms. The van der Waals surface area contributed by atoms with Gasteiger partial charge < -0.3 is 10.1 Å². The van der Waals surface area contributed by atoms with Gasteiger partial charge in [0.15, 0.2) is 0 Å². The maximum atomic E-state index is 6.03. The summed E-state index contributed by atoms with van der Waals surface area (Å²) in [6.07, 6.45) is 11.5. The number of nitrogens with zero attached hydrogens (tertiary/aromatic N) is 1. The van der Waals surface area contributed by atoms with Gasteiger partial charge in [0.2, 0.25) is 0 Å². The second kappa shape index (κ2) is 7.43. The van der Waals surface area contributed by atoms with Gasteiger partial charge in [-0.1, -0.05) is 26.7 Å². The fourth-order valence-electron chi connectivity index (χ4n) is 5.14. The Morgan fingerprint density at radius 3 is 2.81 bits per heavy atom. The molecule has 0 aromatic heterocycles. The third kappa shape index (κ3) is 3.46. The zero-order valence-corrected chi connectivity index (χ0v) is 14.0. The maximum Gasteiger partial charge on any atom is 0.0731 e. The summed E-state index contributed by atoms with van der Waals surface area (Å²) in [7, 11) is 0. The van der Waals surface area contributed by atoms with Crippen molar-refractivity contribution in [3.63, 3.8) is 0 Å². The Kier molecular flexibility index (Phi) is 5.58. The number of fused-ring (bicyclic) bond motifs is 1. The number of morpholine rings is 1. The van der Waals surface area contributed by atoms with E-state index >= 15 is 0 Å². The van der Waals surface area contributed by atoms with Crippen LogP contribution in [0.4, 0.5) is 0 Å². The summed E-state index contributed by atoms with van der Waals surface area (Å²) < 4.78 is 6.03. The lowest BCUT2D eigenvalue weighted by molar-refractivity contribution is -0.0851. The normalized spacial score (nSPS) is 41.1. The molecule has 122 valence electrons. The van der Waals surface area contributed by atoms with Crippen LogP contribution >= 0.6 is 0 Å². The number of hydrogen-bond acceptors (Lipinski definition) is 3. The summed E-state index contributed by atoms with van der Waals surface area (Å²) in [6.45, 7) is 7.82. The first-order valence-electron chi connectivity index (χ1n) is 9.44. The molecule has 0 aromatic rings. The highest BCUT2D eigenvalue weighted by molar-refractivity contribution is 4.98. The van der Waals surface area contributed by atoms with Crippen LogP contribution in [-0.2, 0) is 4.74 Å². The van der Waals surface area contributed by atoms with Crippen LogP contribution in [0.25, 0.3) is 0 Å². The molecule has 1 aliphatic heterocycles. The highest BCUT2D eigenvalue weighted by atomic mass is 16.5. The molecule has 1 N–H and O–H groups in total. The average Bonchev–Trinajstić information content (AvgIpc) is 2.98. The molecule has 0 spiro atoms. The number of rotatable bonds is 5. The van der Waals surface area contributed by atoms with Gasteiger partial charge in [0.25, 0.3) is 0 Å². The van der Waals surface area contributed by atoms with Crippen LogP contribution in [0.3, 0.4) is 0 Å². The SMILES string of the molecule is CCCC1CCC(NCC)C(N2CCOC3CCCC32)C1. The molecular formula is C18H34N2O. The van der Waals surface area contributed by atoms with Crippen molar-refractivity contribution >= 4 is 0 Å². The highest BCUT2D eigenvalue weighted by Crippen LogP contribution is 2.37. The van der Waals surface area contributed by atoms with Gasteiger partial charge in [0, 0.05) is 24.7 Å². The van der Waals surface area contributed by atoms with E-state index in [1.807, 2.05) is 0 Å². The largest absolute Gasteiger partial charge is 0.375 e. The maximum absolute atomic E-state index is 6.03. The molecule has 1 heterocycles. The number of nitrogens with one attached hydrogen (secondary N) is 1. The van der Waals surface area contributed by atoms with Crippen LogP contribution in [0, 0.1) is 5.92 Å². The Bertz CT molecular complexity index is 322. The molecular weight excluding hydrogens is 260 g/mol. The predicted molar refractivity (Wildman–Crippen MR) is 87.6 cm³/mol. The van der Waals surface area contributed by atoms with Crippen molar-refractivity contribution in [1.29, 1.82) is 0 Å². The molecule has 0 amide bonds. The fourth-order valence-corrected chi connectivity index (χ4v) is 5.14. The van der Waals surface area contributed by atoms with Gasteiger partial charge in [-0.05, 0) is 51.0 Å². The zero-order valence-electron chi connectivity index (χ0n) is 14.0. The van der Waals surface area contributed by atoms with E-state index in [1.165, 1.54) is 51.4 Å². The Balaban J connectivity index is 1.70. The lowest BCUT2D eigenvalue weighted by atomic mass is 9.78. The highest BCUT2D eigenvalue weighted by Gasteiger charge is 2.43. The standard InChI is InChI=1S/C18H34N2O/c1-3-6-14-9-10-15(19-4-2)17(13-14)20-11-12-21-18-8-5-7-16(18)20/h14-19H,3-13H2,1-2H3. The Labute approximate surface area is 130 Å². The first kappa shape index (κ1) is 15.8. The molecule has 2 aliphatic carbocycles. The second-order valence-corrected chi connectivity index (χ2v) is 7.34. The van der Waals surface area contributed by atoms with E-state index in [9.17, 15) is 0 Å². The first-order chi connectivity index (χ1) is 10.3. The quantitative estimate of drug-likeness (QED) is 0.843. The minimum absolute atomic E-state index is 0.535. The molecule has 5 unspecified atom stereocenters. The third-order valence-electron chi connectivity index (χ3n) is 6.04. The van der Waals surface area contributed by atoms with Gasteiger partial charge in [-0.2, -0.15) is 0 Å². The Morgan fingerprint density at radius 1 is 1.10 bits per heavy atom. The van der Waals surface area contributed by atoms with E-state index in [0.717, 1.165) is 31.7 Å². The molecule has 2 saturated carbocycles. The van der Waals surface area contributed by atoms with Crippen molar-refractivity contribution in [3.05, 3.63) is 0 Å². The van der Waals surface area contributed by atoms with Crippen molar-refractivity contribution in [2.75, 3.05) is 19.7 Å². The van der Waals surface area contributed by atoms with E-state index in [-0.39, 0.29) is 0 Å². The summed E-state index contributed by atoms with van der Waals surface area (Å²) in [5.74, 6) is 0.956. The summed E-state index contributed by atoms with van der Waals surface area (Å²) in [5, 5.41) is 3.79. The van der Waals surface area contributed by atoms with Crippen LogP contribution in [0.15, 0.2) is 0 Å². The summed E-state index contributed by atoms with van der Waals surface area (Å²) in [6, 6.07) is 2.18. The monoisotopic (exact) mass is 294 g/mol. The zero-order chi connectivity index (χ0) is 14.7. The molecule has 3 heteroatoms. The van der Waals surface area contributed by atoms with Crippen molar-refractivity contribution in [3.8, 4) is 0 Å². The van der Waals surface area contributed by atoms with Crippen LogP contribution in [0.5, 0.6) is 0 Å². The molecule has 3 fully saturated rings. The lowest BCUT2D eigenvalue weighted by Gasteiger charge is -2.49. The first-order valence-corrected chi connectivity index (χ1v) is 9.44. The van der Waals surface area contributed by atoms with E-state index < -0.39 is 0 Å². The smallest absolute Gasteiger partial charge is 0.0731 e. The molecule has 1 saturated heterocycles. The van der Waals surface area contributed by atoms with E-state index in [4.69, 9.17) is 4.74 Å². The van der Waals surface area contributed by atoms with Crippen molar-refractivity contribution in [2.45, 2.75) is 89.4 Å². The number of ether oxygens (including phenoxy) is 1. The van der Waals surface area contributed by atoms with Gasteiger partial charge >= 0.3 is 0 Å². The summed E-state index contributed by atoms with van der Waals surface area (Å²) in [4.78, 5) is 2.86. The van der Waals surface area contributed by atoms with Crippen LogP contribution in [0.1, 0.15) is 65.2 Å². The summed E-state index contributed by atoms with van der Waals surface area (Å²) in [5.41, 5.74) is 0.